The molecule has 0 aliphatic carbocycles. The molecule has 3 aromatic rings. The Kier molecular flexibility index (Phi) is 9.01. The van der Waals surface area contributed by atoms with Crippen LogP contribution in [0.5, 0.6) is 0 Å². The number of hydrogen-bond acceptors (Lipinski definition) is 3. The number of aliphatic hydroxyl groups is 1. The standard InChI is InChI=1S/C20H22N2.C7H7NO.Cu/c1-3-22-18-12-8-7-11-17(18)20(2,19(22)13-14-21)15-16-9-5-4-6-10-16;8-7(9)6-4-2-1-3-5-6;/h4-14,21H,3,15H2,1-2H3;1-5H,(H2,8,9);/b19-13-,21-14?;;. The molecular formula is C27H29CuN3O. The van der Waals surface area contributed by atoms with Crippen LogP contribution in [0, 0.1) is 10.8 Å². The molecule has 0 aromatic heterocycles. The van der Waals surface area contributed by atoms with E-state index in [9.17, 15) is 0 Å². The number of para-hydroxylation sites is 1. The van der Waals surface area contributed by atoms with Crippen molar-refractivity contribution in [3.05, 3.63) is 113 Å². The number of benzene rings is 3. The van der Waals surface area contributed by atoms with Crippen LogP contribution in [0.25, 0.3) is 0 Å². The smallest absolute Gasteiger partial charge is 0.210 e. The number of nitrogens with one attached hydrogen (secondary N) is 2. The van der Waals surface area contributed by atoms with Crippen molar-refractivity contribution in [2.45, 2.75) is 25.7 Å². The molecule has 0 saturated carbocycles. The predicted molar refractivity (Wildman–Crippen MR) is 130 cm³/mol. The molecule has 0 saturated heterocycles. The summed E-state index contributed by atoms with van der Waals surface area (Å²) in [5.41, 5.74) is 5.64. The van der Waals surface area contributed by atoms with Gasteiger partial charge >= 0.3 is 0 Å². The van der Waals surface area contributed by atoms with Gasteiger partial charge in [0.1, 0.15) is 0 Å². The first-order chi connectivity index (χ1) is 15.0. The van der Waals surface area contributed by atoms with Gasteiger partial charge in [0.2, 0.25) is 5.90 Å². The van der Waals surface area contributed by atoms with Crippen LogP contribution in [-0.2, 0) is 28.9 Å². The van der Waals surface area contributed by atoms with Gasteiger partial charge in [-0.15, -0.1) is 0 Å². The normalized spacial score (nSPS) is 17.6. The number of nitrogens with zero attached hydrogens (tertiary/aromatic N) is 1. The van der Waals surface area contributed by atoms with Gasteiger partial charge in [-0.05, 0) is 55.7 Å². The number of hydrogen-bond donors (Lipinski definition) is 3. The van der Waals surface area contributed by atoms with E-state index in [4.69, 9.17) is 15.9 Å². The molecule has 4 rings (SSSR count). The molecule has 1 unspecified atom stereocenters. The van der Waals surface area contributed by atoms with Gasteiger partial charge in [-0.25, -0.2) is 0 Å². The molecule has 5 heteroatoms. The first kappa shape index (κ1) is 25.1. The Morgan fingerprint density at radius 1 is 0.938 bits per heavy atom. The fraction of sp³-hybridized carbons (Fsp3) is 0.185. The Labute approximate surface area is 201 Å². The first-order valence-electron chi connectivity index (χ1n) is 10.5. The third-order valence-corrected chi connectivity index (χ3v) is 5.65. The maximum atomic E-state index is 8.61. The molecule has 0 amide bonds. The summed E-state index contributed by atoms with van der Waals surface area (Å²) in [6, 6.07) is 28.0. The van der Waals surface area contributed by atoms with Crippen LogP contribution in [0.1, 0.15) is 30.5 Å². The summed E-state index contributed by atoms with van der Waals surface area (Å²) in [5, 5.41) is 23.0. The average molecular weight is 475 g/mol. The van der Waals surface area contributed by atoms with Crippen molar-refractivity contribution in [2.75, 3.05) is 11.4 Å². The maximum Gasteiger partial charge on any atom is 0.210 e. The van der Waals surface area contributed by atoms with Crippen LogP contribution < -0.4 is 4.90 Å². The van der Waals surface area contributed by atoms with E-state index in [0.29, 0.717) is 5.56 Å². The molecule has 32 heavy (non-hydrogen) atoms. The number of fused-ring (bicyclic) bond motifs is 1. The zero-order valence-corrected chi connectivity index (χ0v) is 19.3. The first-order valence-corrected chi connectivity index (χ1v) is 10.5. The van der Waals surface area contributed by atoms with Gasteiger partial charge in [0.25, 0.3) is 0 Å². The van der Waals surface area contributed by atoms with Gasteiger partial charge < -0.3 is 15.4 Å². The summed E-state index contributed by atoms with van der Waals surface area (Å²) in [4.78, 5) is 2.34. The molecule has 3 N–H and O–H groups in total. The number of aliphatic hydroxyl groups excluding tert-OH is 1. The summed E-state index contributed by atoms with van der Waals surface area (Å²) >= 11 is 0. The Hall–Kier alpha value is -3.14. The minimum atomic E-state index is -0.379. The minimum Gasteiger partial charge on any atom is -0.493 e. The van der Waals surface area contributed by atoms with Crippen molar-refractivity contribution in [3.8, 4) is 0 Å². The molecule has 0 spiro atoms. The third-order valence-electron chi connectivity index (χ3n) is 5.65. The second kappa shape index (κ2) is 11.5. The maximum absolute atomic E-state index is 8.61. The van der Waals surface area contributed by atoms with E-state index >= 15 is 0 Å². The van der Waals surface area contributed by atoms with Crippen molar-refractivity contribution >= 4 is 17.8 Å². The summed E-state index contributed by atoms with van der Waals surface area (Å²) in [6.07, 6.45) is 4.31. The second-order valence-corrected chi connectivity index (χ2v) is 7.69. The molecule has 1 radical (unpaired) electrons. The fourth-order valence-electron chi connectivity index (χ4n) is 4.22. The predicted octanol–water partition coefficient (Wildman–Crippen LogP) is 6.13. The van der Waals surface area contributed by atoms with Gasteiger partial charge in [-0.2, -0.15) is 0 Å². The van der Waals surface area contributed by atoms with Crippen LogP contribution in [0.15, 0.2) is 96.7 Å². The van der Waals surface area contributed by atoms with Crippen LogP contribution in [0.2, 0.25) is 0 Å². The summed E-state index contributed by atoms with van der Waals surface area (Å²) in [7, 11) is 0. The van der Waals surface area contributed by atoms with E-state index in [1.807, 2.05) is 12.1 Å². The van der Waals surface area contributed by atoms with Crippen molar-refractivity contribution in [3.63, 3.8) is 0 Å². The third kappa shape index (κ3) is 5.37. The van der Waals surface area contributed by atoms with Crippen LogP contribution >= 0.6 is 0 Å². The topological polar surface area (TPSA) is 71.2 Å². The fourth-order valence-corrected chi connectivity index (χ4v) is 4.22. The Morgan fingerprint density at radius 2 is 1.50 bits per heavy atom. The van der Waals surface area contributed by atoms with Crippen molar-refractivity contribution in [1.29, 1.82) is 10.8 Å². The van der Waals surface area contributed by atoms with Gasteiger partial charge in [0, 0.05) is 52.2 Å². The second-order valence-electron chi connectivity index (χ2n) is 7.69. The van der Waals surface area contributed by atoms with E-state index in [-0.39, 0.29) is 28.4 Å². The van der Waals surface area contributed by atoms with Crippen LogP contribution in [-0.4, -0.2) is 23.8 Å². The molecular weight excluding hydrogens is 446 g/mol. The van der Waals surface area contributed by atoms with E-state index in [0.717, 1.165) is 13.0 Å². The van der Waals surface area contributed by atoms with Crippen molar-refractivity contribution in [2.24, 2.45) is 0 Å². The molecule has 1 heterocycles. The van der Waals surface area contributed by atoms with Crippen molar-refractivity contribution in [1.82, 2.24) is 0 Å². The van der Waals surface area contributed by atoms with Crippen LogP contribution in [0.3, 0.4) is 0 Å². The van der Waals surface area contributed by atoms with E-state index < -0.39 is 0 Å². The summed E-state index contributed by atoms with van der Waals surface area (Å²) < 4.78 is 0. The monoisotopic (exact) mass is 474 g/mol. The minimum absolute atomic E-state index is 0. The van der Waals surface area contributed by atoms with Gasteiger partial charge in [0.05, 0.1) is 0 Å². The number of rotatable bonds is 5. The zero-order valence-electron chi connectivity index (χ0n) is 18.3. The molecule has 3 aromatic carbocycles. The molecule has 0 fully saturated rings. The number of allylic oxidation sites excluding steroid dienone is 2. The molecule has 4 nitrogen and oxygen atoms in total. The van der Waals surface area contributed by atoms with E-state index in [2.05, 4.69) is 73.3 Å². The number of likely N-dealkylation sites (N-methyl/N-ethyl adjacent to an activating group) is 1. The molecule has 169 valence electrons. The van der Waals surface area contributed by atoms with E-state index in [1.54, 1.807) is 24.3 Å². The molecule has 0 bridgehead atoms. The number of anilines is 1. The van der Waals surface area contributed by atoms with Crippen LogP contribution in [0.4, 0.5) is 5.69 Å². The largest absolute Gasteiger partial charge is 0.493 e. The van der Waals surface area contributed by atoms with Gasteiger partial charge in [0.15, 0.2) is 0 Å². The average Bonchev–Trinajstić information content (AvgIpc) is 3.03. The van der Waals surface area contributed by atoms with E-state index in [1.165, 1.54) is 28.7 Å². The quantitative estimate of drug-likeness (QED) is 0.236. The Bertz CT molecular complexity index is 1070. The molecule has 1 aliphatic rings. The summed E-state index contributed by atoms with van der Waals surface area (Å²) in [6.45, 7) is 5.38. The molecule has 1 atom stereocenters. The van der Waals surface area contributed by atoms with Crippen molar-refractivity contribution < 1.29 is 22.2 Å². The SMILES string of the molecule is CCN1/C(=C\C=N)C(C)(Cc2ccccc2)c2ccccc21.N=C(O)c1ccccc1.[Cu]. The van der Waals surface area contributed by atoms with Gasteiger partial charge in [-0.1, -0.05) is 66.7 Å². The van der Waals surface area contributed by atoms with Gasteiger partial charge in [-0.3, -0.25) is 5.41 Å². The molecule has 1 aliphatic heterocycles. The zero-order chi connectivity index (χ0) is 22.3. The summed E-state index contributed by atoms with van der Waals surface area (Å²) in [5.74, 6) is -0.379. The Balaban J connectivity index is 0.000000307. The Morgan fingerprint density at radius 3 is 2.03 bits per heavy atom.